The third-order valence-corrected chi connectivity index (χ3v) is 5.93. The quantitative estimate of drug-likeness (QED) is 0.500. The summed E-state index contributed by atoms with van der Waals surface area (Å²) in [5.41, 5.74) is 3.73. The smallest absolute Gasteiger partial charge is 0.144 e. The van der Waals surface area contributed by atoms with Gasteiger partial charge in [-0.3, -0.25) is 4.57 Å². The fourth-order valence-corrected chi connectivity index (χ4v) is 4.54. The van der Waals surface area contributed by atoms with Gasteiger partial charge in [0.1, 0.15) is 11.6 Å². The Labute approximate surface area is 163 Å². The highest BCUT2D eigenvalue weighted by Gasteiger charge is 2.22. The van der Waals surface area contributed by atoms with E-state index in [1.54, 1.807) is 7.11 Å². The number of hydrogen-bond donors (Lipinski definition) is 0. The first-order chi connectivity index (χ1) is 12.8. The van der Waals surface area contributed by atoms with Crippen LogP contribution in [-0.2, 0) is 0 Å². The highest BCUT2D eigenvalue weighted by atomic mass is 79.9. The molecule has 2 aromatic carbocycles. The molecule has 0 saturated heterocycles. The first-order valence-corrected chi connectivity index (χ1v) is 10.0. The van der Waals surface area contributed by atoms with Gasteiger partial charge in [-0.25, -0.2) is 4.98 Å². The van der Waals surface area contributed by atoms with Gasteiger partial charge in [0.05, 0.1) is 12.8 Å². The monoisotopic (exact) mass is 410 g/mol. The average Bonchev–Trinajstić information content (AvgIpc) is 3.18. The molecule has 1 aromatic heterocycles. The van der Waals surface area contributed by atoms with E-state index in [9.17, 15) is 0 Å². The van der Waals surface area contributed by atoms with Gasteiger partial charge in [-0.1, -0.05) is 31.4 Å². The van der Waals surface area contributed by atoms with Crippen LogP contribution in [0.5, 0.6) is 5.75 Å². The topological polar surface area (TPSA) is 27.1 Å². The van der Waals surface area contributed by atoms with Crippen molar-refractivity contribution in [1.29, 1.82) is 0 Å². The molecule has 0 spiro atoms. The van der Waals surface area contributed by atoms with E-state index in [0.717, 1.165) is 21.6 Å². The van der Waals surface area contributed by atoms with Crippen LogP contribution in [0.15, 0.2) is 59.3 Å². The fourth-order valence-electron chi connectivity index (χ4n) is 3.97. The van der Waals surface area contributed by atoms with Crippen molar-refractivity contribution in [2.75, 3.05) is 7.11 Å². The summed E-state index contributed by atoms with van der Waals surface area (Å²) in [6, 6.07) is 14.7. The highest BCUT2D eigenvalue weighted by Crippen LogP contribution is 2.39. The lowest BCUT2D eigenvalue weighted by molar-refractivity contribution is 0.415. The summed E-state index contributed by atoms with van der Waals surface area (Å²) in [5, 5.41) is 0. The molecule has 0 bridgehead atoms. The van der Waals surface area contributed by atoms with E-state index >= 15 is 0 Å². The summed E-state index contributed by atoms with van der Waals surface area (Å²) in [6.07, 6.45) is 10.5. The third-order valence-electron chi connectivity index (χ3n) is 5.29. The number of methoxy groups -OCH3 is 1. The Balaban J connectivity index is 1.80. The standard InChI is InChI=1S/C22H23BrN2O/c1-26-18-12-10-17(11-13-18)22-24-14-15-25(22)21-19(8-5-9-20(21)23)16-6-3-2-4-7-16/h5,8-16H,2-4,6-7H2,1H3. The van der Waals surface area contributed by atoms with Gasteiger partial charge in [-0.2, -0.15) is 0 Å². The summed E-state index contributed by atoms with van der Waals surface area (Å²) >= 11 is 3.80. The normalized spacial score (nSPS) is 15.2. The van der Waals surface area contributed by atoms with Crippen LogP contribution in [0.1, 0.15) is 43.6 Å². The van der Waals surface area contributed by atoms with Gasteiger partial charge in [-0.05, 0) is 70.6 Å². The summed E-state index contributed by atoms with van der Waals surface area (Å²) in [4.78, 5) is 4.65. The third kappa shape index (κ3) is 3.30. The molecule has 1 saturated carbocycles. The van der Waals surface area contributed by atoms with Crippen molar-refractivity contribution < 1.29 is 4.74 Å². The van der Waals surface area contributed by atoms with Crippen LogP contribution in [-0.4, -0.2) is 16.7 Å². The van der Waals surface area contributed by atoms with E-state index in [1.165, 1.54) is 43.4 Å². The van der Waals surface area contributed by atoms with Crippen molar-refractivity contribution in [3.63, 3.8) is 0 Å². The SMILES string of the molecule is COc1ccc(-c2nccn2-c2c(Br)cccc2C2CCCCC2)cc1. The van der Waals surface area contributed by atoms with Crippen LogP contribution < -0.4 is 4.74 Å². The van der Waals surface area contributed by atoms with E-state index < -0.39 is 0 Å². The van der Waals surface area contributed by atoms with Crippen LogP contribution in [0.3, 0.4) is 0 Å². The summed E-state index contributed by atoms with van der Waals surface area (Å²) in [6.45, 7) is 0. The van der Waals surface area contributed by atoms with Crippen molar-refractivity contribution >= 4 is 15.9 Å². The second-order valence-corrected chi connectivity index (χ2v) is 7.72. The fraction of sp³-hybridized carbons (Fsp3) is 0.318. The minimum atomic E-state index is 0.627. The van der Waals surface area contributed by atoms with Gasteiger partial charge in [0.2, 0.25) is 0 Å². The molecule has 3 aromatic rings. The molecule has 1 fully saturated rings. The highest BCUT2D eigenvalue weighted by molar-refractivity contribution is 9.10. The Kier molecular flexibility index (Phi) is 5.11. The van der Waals surface area contributed by atoms with Gasteiger partial charge in [-0.15, -0.1) is 0 Å². The average molecular weight is 411 g/mol. The zero-order valence-corrected chi connectivity index (χ0v) is 16.6. The van der Waals surface area contributed by atoms with Crippen LogP contribution in [0.25, 0.3) is 17.1 Å². The predicted octanol–water partition coefficient (Wildman–Crippen LogP) is 6.36. The van der Waals surface area contributed by atoms with Gasteiger partial charge in [0.25, 0.3) is 0 Å². The number of hydrogen-bond acceptors (Lipinski definition) is 2. The van der Waals surface area contributed by atoms with Crippen LogP contribution in [0, 0.1) is 0 Å². The number of rotatable bonds is 4. The van der Waals surface area contributed by atoms with Crippen molar-refractivity contribution in [2.45, 2.75) is 38.0 Å². The van der Waals surface area contributed by atoms with Crippen LogP contribution >= 0.6 is 15.9 Å². The Morgan fingerprint density at radius 3 is 2.54 bits per heavy atom. The zero-order valence-electron chi connectivity index (χ0n) is 15.0. The Morgan fingerprint density at radius 2 is 1.81 bits per heavy atom. The van der Waals surface area contributed by atoms with Gasteiger partial charge in [0.15, 0.2) is 0 Å². The molecule has 26 heavy (non-hydrogen) atoms. The number of halogens is 1. The molecule has 0 N–H and O–H groups in total. The molecule has 1 aliphatic carbocycles. The maximum atomic E-state index is 5.28. The lowest BCUT2D eigenvalue weighted by Gasteiger charge is -2.25. The number of nitrogens with zero attached hydrogens (tertiary/aromatic N) is 2. The largest absolute Gasteiger partial charge is 0.497 e. The Hall–Kier alpha value is -2.07. The maximum Gasteiger partial charge on any atom is 0.144 e. The van der Waals surface area contributed by atoms with Crippen molar-refractivity contribution in [3.05, 3.63) is 64.9 Å². The van der Waals surface area contributed by atoms with Gasteiger partial charge >= 0.3 is 0 Å². The number of aromatic nitrogens is 2. The first kappa shape index (κ1) is 17.3. The first-order valence-electron chi connectivity index (χ1n) is 9.24. The van der Waals surface area contributed by atoms with E-state index in [1.807, 2.05) is 18.3 Å². The molecule has 0 radical (unpaired) electrons. The van der Waals surface area contributed by atoms with Crippen molar-refractivity contribution in [1.82, 2.24) is 9.55 Å². The zero-order chi connectivity index (χ0) is 17.9. The molecule has 4 rings (SSSR count). The molecule has 0 aliphatic heterocycles. The number of ether oxygens (including phenoxy) is 1. The van der Waals surface area contributed by atoms with Crippen LogP contribution in [0.2, 0.25) is 0 Å². The second kappa shape index (κ2) is 7.67. The molecule has 0 amide bonds. The van der Waals surface area contributed by atoms with Crippen molar-refractivity contribution in [2.24, 2.45) is 0 Å². The van der Waals surface area contributed by atoms with E-state index in [4.69, 9.17) is 4.74 Å². The second-order valence-electron chi connectivity index (χ2n) is 6.86. The molecule has 1 aliphatic rings. The molecule has 0 unspecified atom stereocenters. The summed E-state index contributed by atoms with van der Waals surface area (Å²) in [5.74, 6) is 2.44. The lowest BCUT2D eigenvalue weighted by Crippen LogP contribution is -2.10. The predicted molar refractivity (Wildman–Crippen MR) is 109 cm³/mol. The van der Waals surface area contributed by atoms with Crippen LogP contribution in [0.4, 0.5) is 0 Å². The van der Waals surface area contributed by atoms with E-state index in [0.29, 0.717) is 5.92 Å². The van der Waals surface area contributed by atoms with Gasteiger partial charge in [0, 0.05) is 22.4 Å². The Bertz CT molecular complexity index is 879. The van der Waals surface area contributed by atoms with E-state index in [2.05, 4.69) is 62.0 Å². The molecule has 0 atom stereocenters. The van der Waals surface area contributed by atoms with Gasteiger partial charge < -0.3 is 4.74 Å². The van der Waals surface area contributed by atoms with Crippen molar-refractivity contribution in [3.8, 4) is 22.8 Å². The Morgan fingerprint density at radius 1 is 1.04 bits per heavy atom. The number of benzene rings is 2. The minimum absolute atomic E-state index is 0.627. The summed E-state index contributed by atoms with van der Waals surface area (Å²) in [7, 11) is 1.69. The minimum Gasteiger partial charge on any atom is -0.497 e. The molecule has 1 heterocycles. The molecule has 4 heteroatoms. The van der Waals surface area contributed by atoms with E-state index in [-0.39, 0.29) is 0 Å². The molecule has 3 nitrogen and oxygen atoms in total. The molecular weight excluding hydrogens is 388 g/mol. The maximum absolute atomic E-state index is 5.28. The summed E-state index contributed by atoms with van der Waals surface area (Å²) < 4.78 is 8.62. The number of imidazole rings is 1. The molecular formula is C22H23BrN2O. The molecule has 134 valence electrons. The number of para-hydroxylation sites is 1. The lowest BCUT2D eigenvalue weighted by atomic mass is 9.83.